The van der Waals surface area contributed by atoms with Gasteiger partial charge in [-0.05, 0) is 48.9 Å². The van der Waals surface area contributed by atoms with Gasteiger partial charge < -0.3 is 0 Å². The van der Waals surface area contributed by atoms with E-state index in [1.165, 1.54) is 6.08 Å². The normalized spacial score (nSPS) is 9.94. The summed E-state index contributed by atoms with van der Waals surface area (Å²) < 4.78 is 0. The molecule has 0 spiro atoms. The van der Waals surface area contributed by atoms with Crippen LogP contribution in [-0.2, 0) is 14.4 Å². The van der Waals surface area contributed by atoms with E-state index >= 15 is 0 Å². The number of carbonyl (C=O) groups excluding carboxylic acids is 3. The van der Waals surface area contributed by atoms with Crippen LogP contribution in [0.25, 0.3) is 0 Å². The molecule has 0 saturated heterocycles. The Morgan fingerprint density at radius 2 is 1.50 bits per heavy atom. The number of hydrogen-bond acceptors (Lipinski definition) is 4. The number of aliphatic imine (C=N–C) groups is 1. The average Bonchev–Trinajstić information content (AvgIpc) is 2.16. The maximum atomic E-state index is 10.5. The summed E-state index contributed by atoms with van der Waals surface area (Å²) >= 11 is 10.4. The fourth-order valence-corrected chi connectivity index (χ4v) is 1.57. The minimum absolute atomic E-state index is 0.204. The summed E-state index contributed by atoms with van der Waals surface area (Å²) in [5.41, 5.74) is 0. The van der Waals surface area contributed by atoms with Crippen LogP contribution in [0.2, 0.25) is 0 Å². The zero-order valence-electron chi connectivity index (χ0n) is 8.75. The van der Waals surface area contributed by atoms with Crippen LogP contribution in [0.3, 0.4) is 0 Å². The average molecular weight is 266 g/mol. The maximum Gasteiger partial charge on any atom is 0.235 e. The van der Waals surface area contributed by atoms with Crippen molar-refractivity contribution in [3.63, 3.8) is 0 Å². The van der Waals surface area contributed by atoms with Crippen molar-refractivity contribution < 1.29 is 14.4 Å². The SMILES string of the molecule is O=C=NC(CCCC(=O)Cl)CCCC(=O)Cl. The molecular formula is C10H13Cl2NO3. The lowest BCUT2D eigenvalue weighted by Gasteiger charge is -2.08. The lowest BCUT2D eigenvalue weighted by Crippen LogP contribution is -2.05. The number of carbonyl (C=O) groups is 2. The minimum Gasteiger partial charge on any atom is -0.281 e. The predicted octanol–water partition coefficient (Wildman–Crippen LogP) is 2.56. The van der Waals surface area contributed by atoms with Crippen LogP contribution in [0.5, 0.6) is 0 Å². The highest BCUT2D eigenvalue weighted by atomic mass is 35.5. The lowest BCUT2D eigenvalue weighted by molar-refractivity contribution is -0.112. The number of isocyanates is 1. The zero-order chi connectivity index (χ0) is 12.4. The molecule has 0 aliphatic carbocycles. The van der Waals surface area contributed by atoms with Gasteiger partial charge in [0.2, 0.25) is 16.6 Å². The smallest absolute Gasteiger partial charge is 0.235 e. The molecule has 0 aliphatic rings. The van der Waals surface area contributed by atoms with E-state index in [2.05, 4.69) is 4.99 Å². The van der Waals surface area contributed by atoms with Crippen molar-refractivity contribution in [1.29, 1.82) is 0 Å². The summed E-state index contributed by atoms with van der Waals surface area (Å²) in [6.45, 7) is 0. The van der Waals surface area contributed by atoms with E-state index in [0.29, 0.717) is 25.7 Å². The molecule has 4 nitrogen and oxygen atoms in total. The third-order valence-corrected chi connectivity index (χ3v) is 2.43. The Morgan fingerprint density at radius 3 is 1.81 bits per heavy atom. The number of halogens is 2. The summed E-state index contributed by atoms with van der Waals surface area (Å²) in [6, 6.07) is -0.204. The molecule has 0 aromatic rings. The van der Waals surface area contributed by atoms with Gasteiger partial charge in [-0.3, -0.25) is 9.59 Å². The first-order chi connectivity index (χ1) is 7.56. The molecule has 0 aromatic carbocycles. The molecule has 16 heavy (non-hydrogen) atoms. The highest BCUT2D eigenvalue weighted by molar-refractivity contribution is 6.63. The van der Waals surface area contributed by atoms with Crippen LogP contribution >= 0.6 is 23.2 Å². The van der Waals surface area contributed by atoms with E-state index in [1.807, 2.05) is 0 Å². The Kier molecular flexibility index (Phi) is 9.10. The molecule has 0 amide bonds. The standard InChI is InChI=1S/C10H13Cl2NO3/c11-9(15)5-1-3-8(13-7-14)4-2-6-10(12)16/h8H,1-6H2. The first kappa shape index (κ1) is 15.3. The Labute approximate surface area is 104 Å². The maximum absolute atomic E-state index is 10.5. The second-order valence-electron chi connectivity index (χ2n) is 3.37. The second kappa shape index (κ2) is 9.52. The monoisotopic (exact) mass is 265 g/mol. The van der Waals surface area contributed by atoms with Gasteiger partial charge in [0.25, 0.3) is 0 Å². The highest BCUT2D eigenvalue weighted by Crippen LogP contribution is 2.13. The van der Waals surface area contributed by atoms with Crippen molar-refractivity contribution in [1.82, 2.24) is 0 Å². The molecule has 0 unspecified atom stereocenters. The highest BCUT2D eigenvalue weighted by Gasteiger charge is 2.08. The number of nitrogens with zero attached hydrogens (tertiary/aromatic N) is 1. The van der Waals surface area contributed by atoms with Gasteiger partial charge in [-0.15, -0.1) is 0 Å². The van der Waals surface area contributed by atoms with Gasteiger partial charge in [0, 0.05) is 12.8 Å². The Hall–Kier alpha value is -0.700. The molecule has 90 valence electrons. The summed E-state index contributed by atoms with van der Waals surface area (Å²) in [7, 11) is 0. The summed E-state index contributed by atoms with van der Waals surface area (Å²) in [5.74, 6) is 0. The lowest BCUT2D eigenvalue weighted by atomic mass is 10.0. The summed E-state index contributed by atoms with van der Waals surface area (Å²) in [5, 5.41) is -0.797. The van der Waals surface area contributed by atoms with Crippen molar-refractivity contribution >= 4 is 39.8 Å². The number of rotatable bonds is 9. The Morgan fingerprint density at radius 1 is 1.06 bits per heavy atom. The molecule has 0 radical (unpaired) electrons. The van der Waals surface area contributed by atoms with E-state index in [9.17, 15) is 14.4 Å². The fraction of sp³-hybridized carbons (Fsp3) is 0.700. The number of hydrogen-bond donors (Lipinski definition) is 0. The van der Waals surface area contributed by atoms with E-state index in [0.717, 1.165) is 0 Å². The summed E-state index contributed by atoms with van der Waals surface area (Å²) in [4.78, 5) is 34.7. The van der Waals surface area contributed by atoms with Crippen molar-refractivity contribution in [2.75, 3.05) is 0 Å². The third kappa shape index (κ3) is 9.84. The van der Waals surface area contributed by atoms with Gasteiger partial charge in [0.05, 0.1) is 6.04 Å². The van der Waals surface area contributed by atoms with Gasteiger partial charge in [-0.2, -0.15) is 0 Å². The Bertz CT molecular complexity index is 268. The zero-order valence-corrected chi connectivity index (χ0v) is 10.3. The molecule has 0 saturated carbocycles. The molecule has 0 heterocycles. The predicted molar refractivity (Wildman–Crippen MR) is 61.3 cm³/mol. The minimum atomic E-state index is -0.398. The van der Waals surface area contributed by atoms with Crippen molar-refractivity contribution in [2.24, 2.45) is 4.99 Å². The van der Waals surface area contributed by atoms with Crippen LogP contribution in [-0.4, -0.2) is 22.6 Å². The molecule has 6 heteroatoms. The molecule has 0 N–H and O–H groups in total. The van der Waals surface area contributed by atoms with E-state index in [1.54, 1.807) is 0 Å². The fourth-order valence-electron chi connectivity index (χ4n) is 1.30. The van der Waals surface area contributed by atoms with Crippen molar-refractivity contribution in [3.05, 3.63) is 0 Å². The molecule has 0 fully saturated rings. The second-order valence-corrected chi connectivity index (χ2v) is 4.21. The van der Waals surface area contributed by atoms with Crippen LogP contribution in [0.1, 0.15) is 38.5 Å². The van der Waals surface area contributed by atoms with Crippen LogP contribution in [0.15, 0.2) is 4.99 Å². The van der Waals surface area contributed by atoms with Gasteiger partial charge in [-0.25, -0.2) is 9.79 Å². The van der Waals surface area contributed by atoms with Gasteiger partial charge in [0.1, 0.15) is 0 Å². The quantitative estimate of drug-likeness (QED) is 0.366. The summed E-state index contributed by atoms with van der Waals surface area (Å²) in [6.07, 6.45) is 4.34. The first-order valence-electron chi connectivity index (χ1n) is 5.00. The van der Waals surface area contributed by atoms with Gasteiger partial charge >= 0.3 is 0 Å². The van der Waals surface area contributed by atoms with Gasteiger partial charge in [-0.1, -0.05) is 0 Å². The van der Waals surface area contributed by atoms with Crippen LogP contribution < -0.4 is 0 Å². The van der Waals surface area contributed by atoms with Crippen molar-refractivity contribution in [3.8, 4) is 0 Å². The Balaban J connectivity index is 3.83. The molecular weight excluding hydrogens is 253 g/mol. The molecule has 0 atom stereocenters. The molecule has 0 rings (SSSR count). The van der Waals surface area contributed by atoms with Crippen LogP contribution in [0, 0.1) is 0 Å². The van der Waals surface area contributed by atoms with Crippen molar-refractivity contribution in [2.45, 2.75) is 44.6 Å². The van der Waals surface area contributed by atoms with E-state index < -0.39 is 10.5 Å². The van der Waals surface area contributed by atoms with E-state index in [-0.39, 0.29) is 18.9 Å². The first-order valence-corrected chi connectivity index (χ1v) is 5.75. The van der Waals surface area contributed by atoms with Gasteiger partial charge in [0.15, 0.2) is 0 Å². The van der Waals surface area contributed by atoms with Crippen LogP contribution in [0.4, 0.5) is 0 Å². The largest absolute Gasteiger partial charge is 0.281 e. The molecule has 0 bridgehead atoms. The molecule has 0 aromatic heterocycles. The third-order valence-electron chi connectivity index (χ3n) is 2.06. The molecule has 0 aliphatic heterocycles. The van der Waals surface area contributed by atoms with E-state index in [4.69, 9.17) is 23.2 Å². The topological polar surface area (TPSA) is 63.6 Å².